The summed E-state index contributed by atoms with van der Waals surface area (Å²) in [5.74, 6) is 0.654. The third kappa shape index (κ3) is 3.92. The van der Waals surface area contributed by atoms with Gasteiger partial charge in [0.1, 0.15) is 5.75 Å². The number of nitro groups is 1. The zero-order chi connectivity index (χ0) is 15.2. The molecule has 6 heteroatoms. The molecule has 1 aliphatic rings. The molecule has 1 fully saturated rings. The van der Waals surface area contributed by atoms with Gasteiger partial charge >= 0.3 is 0 Å². The van der Waals surface area contributed by atoms with Crippen molar-refractivity contribution in [3.05, 3.63) is 33.9 Å². The first-order valence-electron chi connectivity index (χ1n) is 7.32. The van der Waals surface area contributed by atoms with Gasteiger partial charge in [-0.15, -0.1) is 0 Å². The third-order valence-electron chi connectivity index (χ3n) is 4.06. The summed E-state index contributed by atoms with van der Waals surface area (Å²) < 4.78 is 5.31. The fourth-order valence-corrected chi connectivity index (χ4v) is 2.87. The van der Waals surface area contributed by atoms with Gasteiger partial charge in [0.15, 0.2) is 0 Å². The number of methoxy groups -OCH3 is 1. The largest absolute Gasteiger partial charge is 0.496 e. The number of rotatable bonds is 5. The maximum absolute atomic E-state index is 10.9. The molecule has 1 heterocycles. The molecule has 0 amide bonds. The molecule has 0 saturated carbocycles. The summed E-state index contributed by atoms with van der Waals surface area (Å²) in [5.41, 5.74) is 0.869. The predicted molar refractivity (Wildman–Crippen MR) is 79.4 cm³/mol. The molecule has 0 aromatic heterocycles. The molecular weight excluding hydrogens is 272 g/mol. The van der Waals surface area contributed by atoms with E-state index in [1.165, 1.54) is 12.5 Å². The molecule has 0 spiro atoms. The van der Waals surface area contributed by atoms with Crippen molar-refractivity contribution in [1.29, 1.82) is 0 Å². The molecule has 1 aromatic rings. The number of hydrogen-bond donors (Lipinski definition) is 1. The maximum atomic E-state index is 10.9. The highest BCUT2D eigenvalue weighted by Crippen LogP contribution is 2.27. The first kappa shape index (κ1) is 15.7. The topological polar surface area (TPSA) is 75.8 Å². The van der Waals surface area contributed by atoms with Gasteiger partial charge in [0, 0.05) is 30.3 Å². The molecule has 2 rings (SSSR count). The van der Waals surface area contributed by atoms with Crippen molar-refractivity contribution in [2.45, 2.75) is 38.3 Å². The molecule has 6 nitrogen and oxygen atoms in total. The van der Waals surface area contributed by atoms with Crippen LogP contribution in [0.25, 0.3) is 0 Å². The Morgan fingerprint density at radius 3 is 2.90 bits per heavy atom. The number of ether oxygens (including phenoxy) is 1. The second-order valence-corrected chi connectivity index (χ2v) is 5.41. The van der Waals surface area contributed by atoms with Crippen LogP contribution in [0.5, 0.6) is 5.75 Å². The number of nitro benzene ring substituents is 1. The zero-order valence-corrected chi connectivity index (χ0v) is 12.3. The van der Waals surface area contributed by atoms with Gasteiger partial charge in [-0.25, -0.2) is 0 Å². The summed E-state index contributed by atoms with van der Waals surface area (Å²) in [6.45, 7) is 1.59. The van der Waals surface area contributed by atoms with Gasteiger partial charge < -0.3 is 9.84 Å². The molecule has 1 aliphatic heterocycles. The van der Waals surface area contributed by atoms with Gasteiger partial charge in [0.05, 0.1) is 18.6 Å². The molecule has 1 aromatic carbocycles. The maximum Gasteiger partial charge on any atom is 0.270 e. The van der Waals surface area contributed by atoms with E-state index >= 15 is 0 Å². The summed E-state index contributed by atoms with van der Waals surface area (Å²) in [6, 6.07) is 4.78. The van der Waals surface area contributed by atoms with E-state index in [1.54, 1.807) is 19.2 Å². The van der Waals surface area contributed by atoms with E-state index in [0.29, 0.717) is 12.3 Å². The van der Waals surface area contributed by atoms with Gasteiger partial charge in [-0.05, 0) is 25.5 Å². The van der Waals surface area contributed by atoms with Gasteiger partial charge in [0.2, 0.25) is 0 Å². The average molecular weight is 294 g/mol. The molecule has 1 N–H and O–H groups in total. The SMILES string of the molecule is COc1ccc([N+](=O)[O-])cc1CN1CCCCCC1CO. The summed E-state index contributed by atoms with van der Waals surface area (Å²) in [7, 11) is 1.57. The number of hydrogen-bond acceptors (Lipinski definition) is 5. The van der Waals surface area contributed by atoms with Crippen LogP contribution < -0.4 is 4.74 Å². The number of aliphatic hydroxyl groups is 1. The summed E-state index contributed by atoms with van der Waals surface area (Å²) in [4.78, 5) is 12.7. The lowest BCUT2D eigenvalue weighted by molar-refractivity contribution is -0.385. The van der Waals surface area contributed by atoms with Crippen molar-refractivity contribution in [2.75, 3.05) is 20.3 Å². The Balaban J connectivity index is 2.23. The van der Waals surface area contributed by atoms with Crippen molar-refractivity contribution in [3.63, 3.8) is 0 Å². The highest BCUT2D eigenvalue weighted by molar-refractivity contribution is 5.43. The van der Waals surface area contributed by atoms with Crippen LogP contribution in [-0.2, 0) is 6.54 Å². The molecular formula is C15H22N2O4. The van der Waals surface area contributed by atoms with Crippen LogP contribution >= 0.6 is 0 Å². The Labute approximate surface area is 124 Å². The van der Waals surface area contributed by atoms with Crippen LogP contribution in [0.15, 0.2) is 18.2 Å². The van der Waals surface area contributed by atoms with Crippen LogP contribution in [-0.4, -0.2) is 41.2 Å². The smallest absolute Gasteiger partial charge is 0.270 e. The van der Waals surface area contributed by atoms with E-state index < -0.39 is 4.92 Å². The van der Waals surface area contributed by atoms with Crippen LogP contribution in [0, 0.1) is 10.1 Å². The van der Waals surface area contributed by atoms with Crippen LogP contribution in [0.1, 0.15) is 31.2 Å². The van der Waals surface area contributed by atoms with E-state index in [0.717, 1.165) is 31.4 Å². The second kappa shape index (κ2) is 7.38. The predicted octanol–water partition coefficient (Wildman–Crippen LogP) is 2.34. The Kier molecular flexibility index (Phi) is 5.52. The number of aliphatic hydroxyl groups excluding tert-OH is 1. The lowest BCUT2D eigenvalue weighted by Gasteiger charge is -2.28. The number of non-ortho nitro benzene ring substituents is 1. The molecule has 1 atom stereocenters. The van der Waals surface area contributed by atoms with E-state index in [9.17, 15) is 15.2 Å². The standard InChI is InChI=1S/C15H22N2O4/c1-21-15-7-6-13(17(19)20)9-12(15)10-16-8-4-2-3-5-14(16)11-18/h6-7,9,14,18H,2-5,8,10-11H2,1H3. The molecule has 21 heavy (non-hydrogen) atoms. The Morgan fingerprint density at radius 1 is 1.43 bits per heavy atom. The number of benzene rings is 1. The summed E-state index contributed by atoms with van der Waals surface area (Å²) in [5, 5.41) is 20.5. The third-order valence-corrected chi connectivity index (χ3v) is 4.06. The Morgan fingerprint density at radius 2 is 2.24 bits per heavy atom. The summed E-state index contributed by atoms with van der Waals surface area (Å²) >= 11 is 0. The highest BCUT2D eigenvalue weighted by atomic mass is 16.6. The minimum absolute atomic E-state index is 0.0705. The molecule has 1 saturated heterocycles. The van der Waals surface area contributed by atoms with Crippen molar-refractivity contribution >= 4 is 5.69 Å². The highest BCUT2D eigenvalue weighted by Gasteiger charge is 2.22. The summed E-state index contributed by atoms with van der Waals surface area (Å²) in [6.07, 6.45) is 4.34. The van der Waals surface area contributed by atoms with E-state index in [2.05, 4.69) is 4.90 Å². The molecule has 0 aliphatic carbocycles. The lowest BCUT2D eigenvalue weighted by atomic mass is 10.1. The molecule has 0 bridgehead atoms. The molecule has 1 unspecified atom stereocenters. The average Bonchev–Trinajstić information content (AvgIpc) is 2.72. The second-order valence-electron chi connectivity index (χ2n) is 5.41. The van der Waals surface area contributed by atoms with Crippen molar-refractivity contribution in [2.24, 2.45) is 0 Å². The zero-order valence-electron chi connectivity index (χ0n) is 12.3. The van der Waals surface area contributed by atoms with Gasteiger partial charge in [0.25, 0.3) is 5.69 Å². The van der Waals surface area contributed by atoms with Crippen LogP contribution in [0.3, 0.4) is 0 Å². The monoisotopic (exact) mass is 294 g/mol. The minimum atomic E-state index is -0.394. The van der Waals surface area contributed by atoms with E-state index in [4.69, 9.17) is 4.74 Å². The number of nitrogens with zero attached hydrogens (tertiary/aromatic N) is 2. The van der Waals surface area contributed by atoms with Crippen molar-refractivity contribution in [1.82, 2.24) is 4.90 Å². The lowest BCUT2D eigenvalue weighted by Crippen LogP contribution is -2.37. The van der Waals surface area contributed by atoms with Crippen LogP contribution in [0.4, 0.5) is 5.69 Å². The molecule has 0 radical (unpaired) electrons. The fraction of sp³-hybridized carbons (Fsp3) is 0.600. The fourth-order valence-electron chi connectivity index (χ4n) is 2.87. The van der Waals surface area contributed by atoms with Crippen molar-refractivity contribution < 1.29 is 14.8 Å². The molecule has 116 valence electrons. The van der Waals surface area contributed by atoms with Gasteiger partial charge in [-0.2, -0.15) is 0 Å². The first-order chi connectivity index (χ1) is 10.2. The normalized spacial score (nSPS) is 20.0. The van der Waals surface area contributed by atoms with Gasteiger partial charge in [-0.1, -0.05) is 12.8 Å². The quantitative estimate of drug-likeness (QED) is 0.666. The first-order valence-corrected chi connectivity index (χ1v) is 7.32. The number of likely N-dealkylation sites (tertiary alicyclic amines) is 1. The van der Waals surface area contributed by atoms with E-state index in [1.807, 2.05) is 0 Å². The Bertz CT molecular complexity index is 493. The van der Waals surface area contributed by atoms with E-state index in [-0.39, 0.29) is 18.3 Å². The van der Waals surface area contributed by atoms with Gasteiger partial charge in [-0.3, -0.25) is 15.0 Å². The van der Waals surface area contributed by atoms with Crippen LogP contribution in [0.2, 0.25) is 0 Å². The minimum Gasteiger partial charge on any atom is -0.496 e. The Hall–Kier alpha value is -1.66. The van der Waals surface area contributed by atoms with Crippen molar-refractivity contribution in [3.8, 4) is 5.75 Å².